The zero-order valence-corrected chi connectivity index (χ0v) is 18.6. The first kappa shape index (κ1) is 25.0. The number of carbonyl (C=O) groups excluding carboxylic acids is 1. The van der Waals surface area contributed by atoms with Crippen molar-refractivity contribution in [3.63, 3.8) is 0 Å². The Morgan fingerprint density at radius 2 is 1.97 bits per heavy atom. The Balaban J connectivity index is 2.24. The van der Waals surface area contributed by atoms with E-state index in [0.717, 1.165) is 10.5 Å². The second-order valence-electron chi connectivity index (χ2n) is 8.96. The van der Waals surface area contributed by atoms with Gasteiger partial charge in [-0.05, 0) is 40.2 Å². The minimum Gasteiger partial charge on any atom is -0.444 e. The summed E-state index contributed by atoms with van der Waals surface area (Å²) in [6, 6.07) is 6.25. The predicted molar refractivity (Wildman–Crippen MR) is 111 cm³/mol. The van der Waals surface area contributed by atoms with Crippen LogP contribution in [0.25, 0.3) is 0 Å². The van der Waals surface area contributed by atoms with Crippen LogP contribution in [0.3, 0.4) is 0 Å². The first-order valence-corrected chi connectivity index (χ1v) is 10.1. The quantitative estimate of drug-likeness (QED) is 0.463. The van der Waals surface area contributed by atoms with Crippen LogP contribution in [0.5, 0.6) is 0 Å². The summed E-state index contributed by atoms with van der Waals surface area (Å²) in [7, 11) is 0. The second kappa shape index (κ2) is 9.90. The number of benzene rings is 1. The van der Waals surface area contributed by atoms with Crippen molar-refractivity contribution >= 4 is 6.09 Å². The SMILES string of the molecule is CC(C)(C)OC(=O)N1[C@@H]([C@H]([C@H](O)[C@@H](CO)OCc2ccccc2)[N+](=O)[O-])COC1(C)C. The molecule has 0 bridgehead atoms. The summed E-state index contributed by atoms with van der Waals surface area (Å²) in [5, 5.41) is 32.5. The number of hydrogen-bond donors (Lipinski definition) is 2. The van der Waals surface area contributed by atoms with Gasteiger partial charge < -0.3 is 24.4 Å². The van der Waals surface area contributed by atoms with Crippen LogP contribution < -0.4 is 0 Å². The van der Waals surface area contributed by atoms with Gasteiger partial charge in [-0.1, -0.05) is 30.3 Å². The van der Waals surface area contributed by atoms with Gasteiger partial charge in [0.15, 0.2) is 6.10 Å². The Morgan fingerprint density at radius 3 is 2.48 bits per heavy atom. The van der Waals surface area contributed by atoms with E-state index >= 15 is 0 Å². The minimum atomic E-state index is -1.70. The summed E-state index contributed by atoms with van der Waals surface area (Å²) >= 11 is 0. The number of nitro groups is 1. The standard InChI is InChI=1S/C21H32N2O8/c1-20(2,3)31-19(26)22-15(13-30-21(22,4)5)17(23(27)28)18(25)16(11-24)29-12-14-9-7-6-8-10-14/h6-10,15-18,24-25H,11-13H2,1-5H3/t15-,16-,17-,18-/m1/s1. The maximum atomic E-state index is 12.8. The highest BCUT2D eigenvalue weighted by atomic mass is 16.6. The number of aliphatic hydroxyl groups is 2. The molecule has 1 aliphatic heterocycles. The van der Waals surface area contributed by atoms with Gasteiger partial charge >= 0.3 is 6.09 Å². The van der Waals surface area contributed by atoms with Crippen LogP contribution in [0.2, 0.25) is 0 Å². The molecule has 174 valence electrons. The molecular formula is C21H32N2O8. The minimum absolute atomic E-state index is 0.0516. The Labute approximate surface area is 181 Å². The van der Waals surface area contributed by atoms with Crippen LogP contribution in [0.1, 0.15) is 40.2 Å². The van der Waals surface area contributed by atoms with Crippen LogP contribution in [0.4, 0.5) is 4.79 Å². The molecule has 2 N–H and O–H groups in total. The predicted octanol–water partition coefficient (Wildman–Crippen LogP) is 1.94. The molecule has 1 aromatic rings. The molecule has 0 radical (unpaired) electrons. The molecule has 1 aliphatic rings. The lowest BCUT2D eigenvalue weighted by molar-refractivity contribution is -0.544. The molecule has 0 unspecified atom stereocenters. The first-order chi connectivity index (χ1) is 14.4. The molecule has 2 rings (SSSR count). The lowest BCUT2D eigenvalue weighted by atomic mass is 9.97. The number of amides is 1. The molecule has 31 heavy (non-hydrogen) atoms. The summed E-state index contributed by atoms with van der Waals surface area (Å²) in [4.78, 5) is 25.3. The average Bonchev–Trinajstić information content (AvgIpc) is 2.96. The van der Waals surface area contributed by atoms with Crippen LogP contribution in [-0.4, -0.2) is 75.0 Å². The van der Waals surface area contributed by atoms with Gasteiger partial charge in [0.05, 0.1) is 19.8 Å². The Kier molecular flexibility index (Phi) is 7.98. The number of nitrogens with zero attached hydrogens (tertiary/aromatic N) is 2. The third-order valence-electron chi connectivity index (χ3n) is 4.96. The van der Waals surface area contributed by atoms with E-state index in [1.807, 2.05) is 6.07 Å². The van der Waals surface area contributed by atoms with Crippen molar-refractivity contribution in [2.24, 2.45) is 0 Å². The highest BCUT2D eigenvalue weighted by Gasteiger charge is 2.56. The van der Waals surface area contributed by atoms with Crippen molar-refractivity contribution in [1.29, 1.82) is 0 Å². The van der Waals surface area contributed by atoms with E-state index in [1.165, 1.54) is 0 Å². The Bertz CT molecular complexity index is 749. The molecule has 1 aromatic carbocycles. The largest absolute Gasteiger partial charge is 0.444 e. The van der Waals surface area contributed by atoms with E-state index in [0.29, 0.717) is 0 Å². The van der Waals surface area contributed by atoms with Gasteiger partial charge in [-0.3, -0.25) is 15.0 Å². The van der Waals surface area contributed by atoms with E-state index < -0.39 is 53.2 Å². The number of hydrogen-bond acceptors (Lipinski definition) is 8. The summed E-state index contributed by atoms with van der Waals surface area (Å²) in [6.45, 7) is 7.48. The molecular weight excluding hydrogens is 408 g/mol. The first-order valence-electron chi connectivity index (χ1n) is 10.1. The van der Waals surface area contributed by atoms with Crippen molar-refractivity contribution in [1.82, 2.24) is 4.90 Å². The van der Waals surface area contributed by atoms with Crippen molar-refractivity contribution in [2.75, 3.05) is 13.2 Å². The molecule has 0 aliphatic carbocycles. The van der Waals surface area contributed by atoms with Crippen molar-refractivity contribution in [2.45, 2.75) is 76.8 Å². The molecule has 1 amide bonds. The molecule has 0 aromatic heterocycles. The van der Waals surface area contributed by atoms with E-state index in [-0.39, 0.29) is 13.2 Å². The van der Waals surface area contributed by atoms with Crippen molar-refractivity contribution in [3.8, 4) is 0 Å². The summed E-state index contributed by atoms with van der Waals surface area (Å²) in [6.07, 6.45) is -3.72. The highest BCUT2D eigenvalue weighted by Crippen LogP contribution is 2.33. The molecule has 1 saturated heterocycles. The monoisotopic (exact) mass is 440 g/mol. The van der Waals surface area contributed by atoms with Crippen molar-refractivity contribution in [3.05, 3.63) is 46.0 Å². The normalized spacial score (nSPS) is 21.4. The van der Waals surface area contributed by atoms with E-state index in [9.17, 15) is 25.1 Å². The van der Waals surface area contributed by atoms with Gasteiger partial charge in [0, 0.05) is 4.92 Å². The number of rotatable bonds is 8. The van der Waals surface area contributed by atoms with Gasteiger partial charge in [0.25, 0.3) is 6.04 Å². The van der Waals surface area contributed by atoms with E-state index in [2.05, 4.69) is 0 Å². The van der Waals surface area contributed by atoms with Gasteiger partial charge in [-0.2, -0.15) is 0 Å². The van der Waals surface area contributed by atoms with Crippen LogP contribution in [-0.2, 0) is 20.8 Å². The third kappa shape index (κ3) is 6.36. The highest BCUT2D eigenvalue weighted by molar-refractivity contribution is 5.70. The van der Waals surface area contributed by atoms with Gasteiger partial charge in [-0.15, -0.1) is 0 Å². The Morgan fingerprint density at radius 1 is 1.35 bits per heavy atom. The van der Waals surface area contributed by atoms with E-state index in [4.69, 9.17) is 14.2 Å². The fraction of sp³-hybridized carbons (Fsp3) is 0.667. The fourth-order valence-electron chi connectivity index (χ4n) is 3.50. The van der Waals surface area contributed by atoms with Crippen molar-refractivity contribution < 1.29 is 34.1 Å². The maximum absolute atomic E-state index is 12.8. The topological polar surface area (TPSA) is 132 Å². The molecule has 1 fully saturated rings. The zero-order chi connectivity index (χ0) is 23.4. The number of aliphatic hydroxyl groups excluding tert-OH is 2. The summed E-state index contributed by atoms with van der Waals surface area (Å²) in [5.74, 6) is 0. The van der Waals surface area contributed by atoms with Crippen LogP contribution in [0, 0.1) is 10.1 Å². The molecule has 0 spiro atoms. The van der Waals surface area contributed by atoms with E-state index in [1.54, 1.807) is 58.9 Å². The van der Waals surface area contributed by atoms with Gasteiger partial charge in [0.1, 0.15) is 23.5 Å². The molecule has 1 heterocycles. The molecule has 10 heteroatoms. The third-order valence-corrected chi connectivity index (χ3v) is 4.96. The summed E-state index contributed by atoms with van der Waals surface area (Å²) in [5.41, 5.74) is -1.22. The lowest BCUT2D eigenvalue weighted by Crippen LogP contribution is -2.60. The Hall–Kier alpha value is -2.27. The molecule has 0 saturated carbocycles. The second-order valence-corrected chi connectivity index (χ2v) is 8.96. The van der Waals surface area contributed by atoms with Gasteiger partial charge in [0.2, 0.25) is 0 Å². The maximum Gasteiger partial charge on any atom is 0.413 e. The summed E-state index contributed by atoms with van der Waals surface area (Å²) < 4.78 is 16.6. The zero-order valence-electron chi connectivity index (χ0n) is 18.6. The number of carbonyl (C=O) groups is 1. The lowest BCUT2D eigenvalue weighted by Gasteiger charge is -2.36. The smallest absolute Gasteiger partial charge is 0.413 e. The molecule has 4 atom stereocenters. The molecule has 10 nitrogen and oxygen atoms in total. The van der Waals surface area contributed by atoms with Crippen LogP contribution >= 0.6 is 0 Å². The average molecular weight is 440 g/mol. The fourth-order valence-corrected chi connectivity index (χ4v) is 3.50. The number of ether oxygens (including phenoxy) is 3. The van der Waals surface area contributed by atoms with Gasteiger partial charge in [-0.25, -0.2) is 4.79 Å². The van der Waals surface area contributed by atoms with Crippen LogP contribution in [0.15, 0.2) is 30.3 Å².